The van der Waals surface area contributed by atoms with Crippen LogP contribution in [0.5, 0.6) is 0 Å². The highest BCUT2D eigenvalue weighted by atomic mass is 32.1. The third-order valence-electron chi connectivity index (χ3n) is 5.32. The lowest BCUT2D eigenvalue weighted by Crippen LogP contribution is -2.46. The summed E-state index contributed by atoms with van der Waals surface area (Å²) in [4.78, 5) is 30.9. The van der Waals surface area contributed by atoms with Crippen molar-refractivity contribution in [1.29, 1.82) is 5.26 Å². The molecule has 0 spiro atoms. The van der Waals surface area contributed by atoms with Crippen LogP contribution in [0.4, 0.5) is 24.0 Å². The summed E-state index contributed by atoms with van der Waals surface area (Å²) < 4.78 is 39.3. The number of benzene rings is 2. The van der Waals surface area contributed by atoms with E-state index in [1.54, 1.807) is 11.0 Å². The Hall–Kier alpha value is -3.56. The second-order valence-electron chi connectivity index (χ2n) is 7.50. The first-order valence-electron chi connectivity index (χ1n) is 9.82. The van der Waals surface area contributed by atoms with Crippen LogP contribution in [-0.2, 0) is 12.7 Å². The number of hydrogen-bond acceptors (Lipinski definition) is 8. The van der Waals surface area contributed by atoms with E-state index in [1.165, 1.54) is 0 Å². The molecule has 0 amide bonds. The van der Waals surface area contributed by atoms with Crippen molar-refractivity contribution in [3.63, 3.8) is 0 Å². The predicted molar refractivity (Wildman–Crippen MR) is 116 cm³/mol. The fourth-order valence-electron chi connectivity index (χ4n) is 3.67. The number of non-ortho nitro benzene ring substituents is 1. The van der Waals surface area contributed by atoms with Gasteiger partial charge >= 0.3 is 6.18 Å². The summed E-state index contributed by atoms with van der Waals surface area (Å²) in [6.45, 7) is 2.84. The molecule has 0 atom stereocenters. The highest BCUT2D eigenvalue weighted by molar-refractivity contribution is 7.22. The molecule has 170 valence electrons. The number of nitrogens with zero attached hydrogens (tertiary/aromatic N) is 5. The van der Waals surface area contributed by atoms with E-state index in [0.717, 1.165) is 16.9 Å². The average Bonchev–Trinajstić information content (AvgIpc) is 2.78. The summed E-state index contributed by atoms with van der Waals surface area (Å²) in [5, 5.41) is 20.3. The smallest absolute Gasteiger partial charge is 0.345 e. The van der Waals surface area contributed by atoms with E-state index in [4.69, 9.17) is 5.26 Å². The van der Waals surface area contributed by atoms with Crippen molar-refractivity contribution in [2.24, 2.45) is 0 Å². The summed E-state index contributed by atoms with van der Waals surface area (Å²) in [5.41, 5.74) is -1.38. The second-order valence-corrected chi connectivity index (χ2v) is 8.48. The molecule has 4 rings (SSSR count). The van der Waals surface area contributed by atoms with Gasteiger partial charge in [-0.2, -0.15) is 23.4 Å². The SMILES string of the molecule is N#Cc1cccc(CN2CCN(c3nc(=O)c4cc(C(F)(F)F)cc([N+](=O)[O-])c4s3)CC2)c1. The minimum atomic E-state index is -4.82. The lowest BCUT2D eigenvalue weighted by atomic mass is 10.1. The zero-order chi connectivity index (χ0) is 23.8. The molecule has 12 heteroatoms. The van der Waals surface area contributed by atoms with Gasteiger partial charge in [0.05, 0.1) is 27.5 Å². The standard InChI is InChI=1S/C21H16F3N5O3S/c22-21(23,24)15-9-16-18(17(10-15)29(31)32)33-20(26-19(16)30)28-6-4-27(5-7-28)12-14-3-1-2-13(8-14)11-25/h1-3,8-10H,4-7,12H2. The van der Waals surface area contributed by atoms with Crippen molar-refractivity contribution in [3.05, 3.63) is 73.6 Å². The maximum atomic E-state index is 13.1. The van der Waals surface area contributed by atoms with Crippen LogP contribution in [0.2, 0.25) is 0 Å². The molecule has 0 N–H and O–H groups in total. The number of nitro benzene ring substituents is 1. The summed E-state index contributed by atoms with van der Waals surface area (Å²) in [6, 6.07) is 10.5. The van der Waals surface area contributed by atoms with Gasteiger partial charge in [-0.15, -0.1) is 0 Å². The Labute approximate surface area is 189 Å². The van der Waals surface area contributed by atoms with Crippen LogP contribution in [0.15, 0.2) is 41.2 Å². The normalized spacial score (nSPS) is 14.9. The number of piperazine rings is 1. The van der Waals surface area contributed by atoms with Gasteiger partial charge in [0, 0.05) is 38.8 Å². The van der Waals surface area contributed by atoms with Crippen LogP contribution in [-0.4, -0.2) is 41.0 Å². The van der Waals surface area contributed by atoms with Gasteiger partial charge in [-0.05, 0) is 23.8 Å². The summed E-state index contributed by atoms with van der Waals surface area (Å²) in [7, 11) is 0. The largest absolute Gasteiger partial charge is 0.416 e. The maximum absolute atomic E-state index is 13.1. The molecule has 2 aromatic carbocycles. The molecule has 0 radical (unpaired) electrons. The van der Waals surface area contributed by atoms with Gasteiger partial charge in [0.15, 0.2) is 5.13 Å². The van der Waals surface area contributed by atoms with E-state index in [1.807, 2.05) is 18.2 Å². The fraction of sp³-hybridized carbons (Fsp3) is 0.286. The van der Waals surface area contributed by atoms with E-state index in [-0.39, 0.29) is 9.83 Å². The van der Waals surface area contributed by atoms with Crippen LogP contribution >= 0.6 is 11.3 Å². The zero-order valence-corrected chi connectivity index (χ0v) is 17.8. The first kappa shape index (κ1) is 22.6. The number of hydrogen-bond donors (Lipinski definition) is 0. The van der Waals surface area contributed by atoms with Gasteiger partial charge in [0.1, 0.15) is 4.70 Å². The number of anilines is 1. The summed E-state index contributed by atoms with van der Waals surface area (Å²) in [5.74, 6) is 0. The van der Waals surface area contributed by atoms with E-state index in [2.05, 4.69) is 16.0 Å². The Kier molecular flexibility index (Phi) is 6.01. The Morgan fingerprint density at radius 2 is 1.91 bits per heavy atom. The van der Waals surface area contributed by atoms with Crippen molar-refractivity contribution in [2.75, 3.05) is 31.1 Å². The topological polar surface area (TPSA) is 103 Å². The lowest BCUT2D eigenvalue weighted by molar-refractivity contribution is -0.383. The van der Waals surface area contributed by atoms with E-state index >= 15 is 0 Å². The van der Waals surface area contributed by atoms with E-state index in [9.17, 15) is 28.1 Å². The van der Waals surface area contributed by atoms with Crippen molar-refractivity contribution in [2.45, 2.75) is 12.7 Å². The number of fused-ring (bicyclic) bond motifs is 1. The van der Waals surface area contributed by atoms with E-state index in [0.29, 0.717) is 50.4 Å². The van der Waals surface area contributed by atoms with Crippen molar-refractivity contribution in [3.8, 4) is 6.07 Å². The Balaban J connectivity index is 1.58. The van der Waals surface area contributed by atoms with Crippen LogP contribution in [0.3, 0.4) is 0 Å². The van der Waals surface area contributed by atoms with E-state index < -0.39 is 33.3 Å². The first-order chi connectivity index (χ1) is 15.7. The average molecular weight is 475 g/mol. The van der Waals surface area contributed by atoms with Crippen LogP contribution in [0.1, 0.15) is 16.7 Å². The molecular weight excluding hydrogens is 459 g/mol. The molecule has 1 fully saturated rings. The predicted octanol–water partition coefficient (Wildman–Crippen LogP) is 3.78. The molecule has 1 aliphatic heterocycles. The molecule has 0 saturated carbocycles. The third-order valence-corrected chi connectivity index (χ3v) is 6.48. The first-order valence-corrected chi connectivity index (χ1v) is 10.6. The molecule has 1 aromatic heterocycles. The molecule has 1 aliphatic rings. The quantitative estimate of drug-likeness (QED) is 0.418. The summed E-state index contributed by atoms with van der Waals surface area (Å²) in [6.07, 6.45) is -4.82. The molecule has 3 aromatic rings. The van der Waals surface area contributed by atoms with Crippen molar-refractivity contribution >= 4 is 32.2 Å². The molecule has 1 saturated heterocycles. The lowest BCUT2D eigenvalue weighted by Gasteiger charge is -2.35. The minimum absolute atomic E-state index is 0.126. The van der Waals surface area contributed by atoms with Gasteiger partial charge in [-0.3, -0.25) is 19.8 Å². The minimum Gasteiger partial charge on any atom is -0.345 e. The van der Waals surface area contributed by atoms with Crippen LogP contribution in [0.25, 0.3) is 10.1 Å². The Morgan fingerprint density at radius 1 is 1.18 bits per heavy atom. The van der Waals surface area contributed by atoms with Gasteiger partial charge in [-0.25, -0.2) is 0 Å². The number of halogens is 3. The highest BCUT2D eigenvalue weighted by Crippen LogP contribution is 2.38. The Morgan fingerprint density at radius 3 is 2.55 bits per heavy atom. The van der Waals surface area contributed by atoms with Crippen molar-refractivity contribution < 1.29 is 18.1 Å². The van der Waals surface area contributed by atoms with Crippen LogP contribution in [0, 0.1) is 21.4 Å². The number of alkyl halides is 3. The molecule has 0 bridgehead atoms. The highest BCUT2D eigenvalue weighted by Gasteiger charge is 2.34. The molecular formula is C21H16F3N5O3S. The summed E-state index contributed by atoms with van der Waals surface area (Å²) >= 11 is 0.843. The van der Waals surface area contributed by atoms with Gasteiger partial charge < -0.3 is 4.90 Å². The second kappa shape index (κ2) is 8.76. The van der Waals surface area contributed by atoms with Gasteiger partial charge in [0.2, 0.25) is 0 Å². The fourth-order valence-corrected chi connectivity index (χ4v) is 4.79. The van der Waals surface area contributed by atoms with Crippen molar-refractivity contribution in [1.82, 2.24) is 9.88 Å². The molecule has 0 unspecified atom stereocenters. The number of rotatable bonds is 4. The third kappa shape index (κ3) is 4.79. The number of nitriles is 1. The van der Waals surface area contributed by atoms with Gasteiger partial charge in [0.25, 0.3) is 11.2 Å². The monoisotopic (exact) mass is 475 g/mol. The maximum Gasteiger partial charge on any atom is 0.416 e. The zero-order valence-electron chi connectivity index (χ0n) is 17.0. The molecule has 8 nitrogen and oxygen atoms in total. The Bertz CT molecular complexity index is 1330. The molecule has 0 aliphatic carbocycles. The van der Waals surface area contributed by atoms with Crippen LogP contribution < -0.4 is 10.5 Å². The molecule has 2 heterocycles. The number of aromatic nitrogens is 1. The number of nitro groups is 1. The molecule has 33 heavy (non-hydrogen) atoms. The van der Waals surface area contributed by atoms with Gasteiger partial charge in [-0.1, -0.05) is 23.5 Å².